The molecule has 1 N–H and O–H groups in total. The van der Waals surface area contributed by atoms with Gasteiger partial charge in [-0.1, -0.05) is 24.4 Å². The van der Waals surface area contributed by atoms with E-state index >= 15 is 0 Å². The summed E-state index contributed by atoms with van der Waals surface area (Å²) >= 11 is 5.95. The zero-order valence-corrected chi connectivity index (χ0v) is 12.4. The van der Waals surface area contributed by atoms with Crippen molar-refractivity contribution in [1.29, 1.82) is 0 Å². The molecular formula is C16H21ClO3. The van der Waals surface area contributed by atoms with Crippen LogP contribution in [0.4, 0.5) is 0 Å². The number of ether oxygens (including phenoxy) is 2. The summed E-state index contributed by atoms with van der Waals surface area (Å²) in [6, 6.07) is 5.42. The Bertz CT molecular complexity index is 469. The van der Waals surface area contributed by atoms with Gasteiger partial charge in [0.1, 0.15) is 11.9 Å². The van der Waals surface area contributed by atoms with E-state index in [1.165, 1.54) is 12.8 Å². The number of hydrogen-bond acceptors (Lipinski definition) is 3. The van der Waals surface area contributed by atoms with Gasteiger partial charge in [0.15, 0.2) is 0 Å². The molecule has 0 radical (unpaired) electrons. The first-order valence-corrected chi connectivity index (χ1v) is 7.78. The predicted molar refractivity (Wildman–Crippen MR) is 78.2 cm³/mol. The molecule has 1 aromatic rings. The molecule has 0 bridgehead atoms. The van der Waals surface area contributed by atoms with Crippen LogP contribution in [0.3, 0.4) is 0 Å². The number of halogens is 1. The topological polar surface area (TPSA) is 38.7 Å². The van der Waals surface area contributed by atoms with Crippen LogP contribution in [0.25, 0.3) is 0 Å². The molecule has 1 aliphatic carbocycles. The molecule has 1 saturated carbocycles. The van der Waals surface area contributed by atoms with Crippen molar-refractivity contribution in [3.05, 3.63) is 28.8 Å². The Morgan fingerprint density at radius 1 is 1.35 bits per heavy atom. The summed E-state index contributed by atoms with van der Waals surface area (Å²) in [6.45, 7) is 0.719. The van der Waals surface area contributed by atoms with Crippen molar-refractivity contribution in [2.45, 2.75) is 56.8 Å². The van der Waals surface area contributed by atoms with Gasteiger partial charge in [0.2, 0.25) is 0 Å². The van der Waals surface area contributed by atoms with E-state index in [0.717, 1.165) is 43.6 Å². The fraction of sp³-hybridized carbons (Fsp3) is 0.625. The molecule has 1 heterocycles. The van der Waals surface area contributed by atoms with Gasteiger partial charge in [0, 0.05) is 23.4 Å². The van der Waals surface area contributed by atoms with Crippen LogP contribution in [0.5, 0.6) is 5.75 Å². The molecule has 3 rings (SSSR count). The summed E-state index contributed by atoms with van der Waals surface area (Å²) in [4.78, 5) is 0. The van der Waals surface area contributed by atoms with E-state index in [2.05, 4.69) is 0 Å². The van der Waals surface area contributed by atoms with Gasteiger partial charge in [-0.3, -0.25) is 0 Å². The highest BCUT2D eigenvalue weighted by atomic mass is 35.5. The van der Waals surface area contributed by atoms with E-state index in [0.29, 0.717) is 5.02 Å². The van der Waals surface area contributed by atoms with Crippen molar-refractivity contribution < 1.29 is 14.6 Å². The second-order valence-corrected chi connectivity index (χ2v) is 6.32. The van der Waals surface area contributed by atoms with Crippen LogP contribution in [-0.2, 0) is 11.3 Å². The van der Waals surface area contributed by atoms with Gasteiger partial charge < -0.3 is 14.6 Å². The van der Waals surface area contributed by atoms with Crippen LogP contribution in [0.1, 0.15) is 44.1 Å². The van der Waals surface area contributed by atoms with Gasteiger partial charge in [0.05, 0.1) is 18.8 Å². The lowest BCUT2D eigenvalue weighted by atomic mass is 9.90. The maximum absolute atomic E-state index is 9.41. The van der Waals surface area contributed by atoms with E-state index in [1.807, 2.05) is 6.07 Å². The largest absolute Gasteiger partial charge is 0.490 e. The highest BCUT2D eigenvalue weighted by Gasteiger charge is 2.40. The van der Waals surface area contributed by atoms with E-state index in [-0.39, 0.29) is 18.3 Å². The molecule has 4 heteroatoms. The van der Waals surface area contributed by atoms with Crippen LogP contribution in [0.2, 0.25) is 5.02 Å². The first-order valence-electron chi connectivity index (χ1n) is 7.41. The molecule has 3 nitrogen and oxygen atoms in total. The number of aliphatic hydroxyl groups is 1. The fourth-order valence-corrected chi connectivity index (χ4v) is 3.61. The van der Waals surface area contributed by atoms with Crippen LogP contribution in [-0.4, -0.2) is 23.4 Å². The minimum atomic E-state index is -0.0513. The first-order chi connectivity index (χ1) is 9.71. The predicted octanol–water partition coefficient (Wildman–Crippen LogP) is 3.70. The number of aliphatic hydroxyl groups excluding tert-OH is 1. The molecule has 1 atom stereocenters. The summed E-state index contributed by atoms with van der Waals surface area (Å²) in [7, 11) is 0. The van der Waals surface area contributed by atoms with Gasteiger partial charge >= 0.3 is 0 Å². The second-order valence-electron chi connectivity index (χ2n) is 5.88. The average molecular weight is 297 g/mol. The van der Waals surface area contributed by atoms with Gasteiger partial charge in [-0.2, -0.15) is 0 Å². The Balaban J connectivity index is 1.71. The normalized spacial score (nSPS) is 25.0. The van der Waals surface area contributed by atoms with E-state index in [4.69, 9.17) is 21.1 Å². The molecule has 1 saturated heterocycles. The summed E-state index contributed by atoms with van der Waals surface area (Å²) in [5.74, 6) is 0.747. The van der Waals surface area contributed by atoms with Crippen LogP contribution < -0.4 is 4.74 Å². The molecule has 1 aliphatic heterocycles. The molecule has 0 aromatic heterocycles. The first kappa shape index (κ1) is 14.2. The van der Waals surface area contributed by atoms with Crippen molar-refractivity contribution in [3.63, 3.8) is 0 Å². The summed E-state index contributed by atoms with van der Waals surface area (Å²) < 4.78 is 12.1. The SMILES string of the molecule is OCc1cc(Cl)ccc1OC1CCOC2(CCCC2)C1. The highest BCUT2D eigenvalue weighted by molar-refractivity contribution is 6.30. The van der Waals surface area contributed by atoms with Crippen LogP contribution in [0.15, 0.2) is 18.2 Å². The van der Waals surface area contributed by atoms with Crippen LogP contribution >= 0.6 is 11.6 Å². The number of hydrogen-bond donors (Lipinski definition) is 1. The Kier molecular flexibility index (Phi) is 4.20. The molecule has 20 heavy (non-hydrogen) atoms. The molecule has 110 valence electrons. The van der Waals surface area contributed by atoms with Gasteiger partial charge in [-0.15, -0.1) is 0 Å². The molecule has 2 fully saturated rings. The third-order valence-corrected chi connectivity index (χ3v) is 4.68. The van der Waals surface area contributed by atoms with Crippen molar-refractivity contribution in [2.24, 2.45) is 0 Å². The molecule has 1 spiro atoms. The number of rotatable bonds is 3. The van der Waals surface area contributed by atoms with Gasteiger partial charge in [0.25, 0.3) is 0 Å². The maximum Gasteiger partial charge on any atom is 0.125 e. The molecule has 2 aliphatic rings. The number of benzene rings is 1. The minimum Gasteiger partial charge on any atom is -0.490 e. The lowest BCUT2D eigenvalue weighted by Gasteiger charge is -2.38. The van der Waals surface area contributed by atoms with Crippen molar-refractivity contribution in [1.82, 2.24) is 0 Å². The van der Waals surface area contributed by atoms with E-state index in [1.54, 1.807) is 12.1 Å². The van der Waals surface area contributed by atoms with Crippen molar-refractivity contribution in [3.8, 4) is 5.75 Å². The standard InChI is InChI=1S/C16H21ClO3/c17-13-3-4-15(12(9-13)11-18)20-14-5-8-19-16(10-14)6-1-2-7-16/h3-4,9,14,18H,1-2,5-8,10-11H2. The van der Waals surface area contributed by atoms with Crippen molar-refractivity contribution >= 4 is 11.6 Å². The van der Waals surface area contributed by atoms with Gasteiger partial charge in [-0.25, -0.2) is 0 Å². The van der Waals surface area contributed by atoms with Gasteiger partial charge in [-0.05, 0) is 31.0 Å². The third kappa shape index (κ3) is 2.95. The summed E-state index contributed by atoms with van der Waals surface area (Å²) in [6.07, 6.45) is 6.87. The Morgan fingerprint density at radius 2 is 2.15 bits per heavy atom. The summed E-state index contributed by atoms with van der Waals surface area (Å²) in [5, 5.41) is 10.0. The zero-order valence-electron chi connectivity index (χ0n) is 11.6. The highest BCUT2D eigenvalue weighted by Crippen LogP contribution is 2.41. The fourth-order valence-electron chi connectivity index (χ4n) is 3.42. The lowest BCUT2D eigenvalue weighted by molar-refractivity contribution is -0.108. The van der Waals surface area contributed by atoms with Crippen LogP contribution in [0, 0.1) is 0 Å². The monoisotopic (exact) mass is 296 g/mol. The molecular weight excluding hydrogens is 276 g/mol. The van der Waals surface area contributed by atoms with E-state index < -0.39 is 0 Å². The Hall–Kier alpha value is -0.770. The smallest absolute Gasteiger partial charge is 0.125 e. The lowest BCUT2D eigenvalue weighted by Crippen LogP contribution is -2.41. The van der Waals surface area contributed by atoms with E-state index in [9.17, 15) is 5.11 Å². The average Bonchev–Trinajstić information content (AvgIpc) is 2.89. The molecule has 0 amide bonds. The zero-order chi connectivity index (χ0) is 14.0. The maximum atomic E-state index is 9.41. The third-order valence-electron chi connectivity index (χ3n) is 4.45. The Labute approximate surface area is 124 Å². The molecule has 1 aromatic carbocycles. The van der Waals surface area contributed by atoms with Crippen molar-refractivity contribution in [2.75, 3.05) is 6.61 Å². The second kappa shape index (κ2) is 5.92. The Morgan fingerprint density at radius 3 is 2.90 bits per heavy atom. The quantitative estimate of drug-likeness (QED) is 0.924. The molecule has 1 unspecified atom stereocenters. The summed E-state index contributed by atoms with van der Waals surface area (Å²) in [5.41, 5.74) is 0.804. The minimum absolute atomic E-state index is 0.0503.